The van der Waals surface area contributed by atoms with Gasteiger partial charge in [-0.05, 0) is 43.3 Å². The number of anilines is 1. The highest BCUT2D eigenvalue weighted by atomic mass is 32.1. The monoisotopic (exact) mass is 427 g/mol. The van der Waals surface area contributed by atoms with Crippen molar-refractivity contribution in [1.82, 2.24) is 9.38 Å². The van der Waals surface area contributed by atoms with Crippen LogP contribution in [0.5, 0.6) is 17.2 Å². The van der Waals surface area contributed by atoms with E-state index in [1.54, 1.807) is 32.7 Å². The van der Waals surface area contributed by atoms with Gasteiger partial charge in [0.25, 0.3) is 0 Å². The highest BCUT2D eigenvalue weighted by Gasteiger charge is 2.20. The van der Waals surface area contributed by atoms with Crippen molar-refractivity contribution in [1.29, 1.82) is 0 Å². The van der Waals surface area contributed by atoms with Crippen molar-refractivity contribution in [3.05, 3.63) is 36.4 Å². The van der Waals surface area contributed by atoms with Gasteiger partial charge in [0.2, 0.25) is 0 Å². The van der Waals surface area contributed by atoms with Crippen LogP contribution in [-0.2, 0) is 4.74 Å². The number of methoxy groups -OCH3 is 3. The van der Waals surface area contributed by atoms with E-state index in [0.717, 1.165) is 43.8 Å². The van der Waals surface area contributed by atoms with Crippen molar-refractivity contribution < 1.29 is 18.9 Å². The SMILES string of the molecule is CCOc1ccc(-c2nc3sc4cc(OC)ccc4n3c2NCCOC)cc1OC. The summed E-state index contributed by atoms with van der Waals surface area (Å²) in [5.74, 6) is 3.15. The Morgan fingerprint density at radius 3 is 2.63 bits per heavy atom. The fraction of sp³-hybridized carbons (Fsp3) is 0.318. The third-order valence-corrected chi connectivity index (χ3v) is 5.79. The van der Waals surface area contributed by atoms with Gasteiger partial charge >= 0.3 is 0 Å². The molecule has 2 aromatic carbocycles. The highest BCUT2D eigenvalue weighted by molar-refractivity contribution is 7.23. The van der Waals surface area contributed by atoms with E-state index >= 15 is 0 Å². The minimum Gasteiger partial charge on any atom is -0.497 e. The summed E-state index contributed by atoms with van der Waals surface area (Å²) in [4.78, 5) is 5.85. The summed E-state index contributed by atoms with van der Waals surface area (Å²) in [5.41, 5.74) is 2.89. The molecule has 0 spiro atoms. The second kappa shape index (κ2) is 8.81. The van der Waals surface area contributed by atoms with Crippen molar-refractivity contribution in [2.45, 2.75) is 6.92 Å². The number of thiazole rings is 1. The number of ether oxygens (including phenoxy) is 4. The Morgan fingerprint density at radius 2 is 1.90 bits per heavy atom. The fourth-order valence-electron chi connectivity index (χ4n) is 3.40. The molecule has 0 atom stereocenters. The lowest BCUT2D eigenvalue weighted by Gasteiger charge is -2.12. The lowest BCUT2D eigenvalue weighted by Crippen LogP contribution is -2.10. The third-order valence-electron chi connectivity index (χ3n) is 4.79. The molecule has 7 nitrogen and oxygen atoms in total. The quantitative estimate of drug-likeness (QED) is 0.391. The lowest BCUT2D eigenvalue weighted by atomic mass is 10.1. The fourth-order valence-corrected chi connectivity index (χ4v) is 4.46. The van der Waals surface area contributed by atoms with Crippen LogP contribution < -0.4 is 19.5 Å². The van der Waals surface area contributed by atoms with Gasteiger partial charge in [-0.25, -0.2) is 4.98 Å². The topological polar surface area (TPSA) is 66.3 Å². The summed E-state index contributed by atoms with van der Waals surface area (Å²) in [6.45, 7) is 3.79. The maximum Gasteiger partial charge on any atom is 0.197 e. The predicted molar refractivity (Wildman–Crippen MR) is 121 cm³/mol. The van der Waals surface area contributed by atoms with Crippen LogP contribution >= 0.6 is 11.3 Å². The summed E-state index contributed by atoms with van der Waals surface area (Å²) in [7, 11) is 5.01. The highest BCUT2D eigenvalue weighted by Crippen LogP contribution is 2.39. The molecule has 0 saturated carbocycles. The average Bonchev–Trinajstić information content (AvgIpc) is 3.30. The molecule has 0 amide bonds. The molecule has 0 aliphatic rings. The van der Waals surface area contributed by atoms with Crippen molar-refractivity contribution in [2.75, 3.05) is 46.4 Å². The molecule has 0 fully saturated rings. The molecule has 0 bridgehead atoms. The van der Waals surface area contributed by atoms with E-state index in [0.29, 0.717) is 25.5 Å². The van der Waals surface area contributed by atoms with Gasteiger partial charge in [0.05, 0.1) is 37.6 Å². The molecular formula is C22H25N3O4S. The van der Waals surface area contributed by atoms with Gasteiger partial charge in [-0.3, -0.25) is 4.40 Å². The first-order chi connectivity index (χ1) is 14.7. The molecule has 0 unspecified atom stereocenters. The lowest BCUT2D eigenvalue weighted by molar-refractivity contribution is 0.210. The minimum atomic E-state index is 0.579. The Balaban J connectivity index is 1.87. The number of imidazole rings is 1. The average molecular weight is 428 g/mol. The van der Waals surface area contributed by atoms with Crippen LogP contribution in [0.25, 0.3) is 26.4 Å². The van der Waals surface area contributed by atoms with E-state index in [-0.39, 0.29) is 0 Å². The van der Waals surface area contributed by atoms with E-state index < -0.39 is 0 Å². The minimum absolute atomic E-state index is 0.579. The molecule has 1 N–H and O–H groups in total. The van der Waals surface area contributed by atoms with Crippen LogP contribution in [-0.4, -0.2) is 50.5 Å². The zero-order valence-electron chi connectivity index (χ0n) is 17.5. The van der Waals surface area contributed by atoms with E-state index in [4.69, 9.17) is 23.9 Å². The molecule has 0 radical (unpaired) electrons. The third kappa shape index (κ3) is 3.64. The number of hydrogen-bond donors (Lipinski definition) is 1. The predicted octanol–water partition coefficient (Wildman–Crippen LogP) is 4.69. The summed E-state index contributed by atoms with van der Waals surface area (Å²) < 4.78 is 25.1. The van der Waals surface area contributed by atoms with Crippen molar-refractivity contribution in [3.8, 4) is 28.5 Å². The van der Waals surface area contributed by atoms with Gasteiger partial charge in [-0.15, -0.1) is 0 Å². The van der Waals surface area contributed by atoms with Crippen LogP contribution in [0.15, 0.2) is 36.4 Å². The number of rotatable bonds is 9. The van der Waals surface area contributed by atoms with Crippen molar-refractivity contribution in [3.63, 3.8) is 0 Å². The molecule has 30 heavy (non-hydrogen) atoms. The summed E-state index contributed by atoms with van der Waals surface area (Å²) in [6.07, 6.45) is 0. The molecule has 2 aromatic heterocycles. The first-order valence-electron chi connectivity index (χ1n) is 9.73. The molecule has 2 heterocycles. The Kier molecular flexibility index (Phi) is 5.96. The maximum atomic E-state index is 5.66. The molecule has 0 aliphatic heterocycles. The molecular weight excluding hydrogens is 402 g/mol. The zero-order chi connectivity index (χ0) is 21.1. The smallest absolute Gasteiger partial charge is 0.197 e. The van der Waals surface area contributed by atoms with Gasteiger partial charge in [0, 0.05) is 19.2 Å². The van der Waals surface area contributed by atoms with Crippen LogP contribution in [0.1, 0.15) is 6.92 Å². The Hall–Kier alpha value is -2.97. The molecule has 0 aliphatic carbocycles. The largest absolute Gasteiger partial charge is 0.497 e. The Morgan fingerprint density at radius 1 is 1.03 bits per heavy atom. The number of fused-ring (bicyclic) bond motifs is 3. The van der Waals surface area contributed by atoms with Crippen LogP contribution in [0.3, 0.4) is 0 Å². The first-order valence-corrected chi connectivity index (χ1v) is 10.5. The summed E-state index contributed by atoms with van der Waals surface area (Å²) >= 11 is 1.63. The van der Waals surface area contributed by atoms with Gasteiger partial charge in [-0.2, -0.15) is 0 Å². The van der Waals surface area contributed by atoms with Gasteiger partial charge < -0.3 is 24.3 Å². The maximum absolute atomic E-state index is 5.66. The zero-order valence-corrected chi connectivity index (χ0v) is 18.3. The molecule has 8 heteroatoms. The van der Waals surface area contributed by atoms with E-state index in [1.807, 2.05) is 37.3 Å². The van der Waals surface area contributed by atoms with Gasteiger partial charge in [-0.1, -0.05) is 11.3 Å². The number of benzene rings is 2. The van der Waals surface area contributed by atoms with Crippen LogP contribution in [0, 0.1) is 0 Å². The van der Waals surface area contributed by atoms with E-state index in [9.17, 15) is 0 Å². The molecule has 0 saturated heterocycles. The van der Waals surface area contributed by atoms with E-state index in [2.05, 4.69) is 15.8 Å². The Labute approximate surface area is 179 Å². The van der Waals surface area contributed by atoms with Gasteiger partial charge in [0.1, 0.15) is 17.3 Å². The van der Waals surface area contributed by atoms with E-state index in [1.165, 1.54) is 0 Å². The van der Waals surface area contributed by atoms with Gasteiger partial charge in [0.15, 0.2) is 16.5 Å². The van der Waals surface area contributed by atoms with Crippen molar-refractivity contribution in [2.24, 2.45) is 0 Å². The number of aromatic nitrogens is 2. The van der Waals surface area contributed by atoms with Crippen LogP contribution in [0.4, 0.5) is 5.82 Å². The number of hydrogen-bond acceptors (Lipinski definition) is 7. The number of nitrogens with zero attached hydrogens (tertiary/aromatic N) is 2. The summed E-state index contributed by atoms with van der Waals surface area (Å²) in [5, 5.41) is 3.50. The molecule has 4 rings (SSSR count). The Bertz CT molecular complexity index is 1170. The second-order valence-electron chi connectivity index (χ2n) is 6.58. The molecule has 4 aromatic rings. The first kappa shape index (κ1) is 20.3. The molecule has 158 valence electrons. The normalized spacial score (nSPS) is 11.2. The van der Waals surface area contributed by atoms with Crippen molar-refractivity contribution >= 4 is 32.3 Å². The summed E-state index contributed by atoms with van der Waals surface area (Å²) in [6, 6.07) is 12.0. The standard InChI is InChI=1S/C22H25N3O4S/c1-5-29-17-9-6-14(12-18(17)28-4)20-21(23-10-11-26-2)25-16-8-7-15(27-3)13-19(16)30-22(25)24-20/h6-9,12-13,23H,5,10-11H2,1-4H3. The number of nitrogens with one attached hydrogen (secondary N) is 1. The second-order valence-corrected chi connectivity index (χ2v) is 7.59. The van der Waals surface area contributed by atoms with Crippen LogP contribution in [0.2, 0.25) is 0 Å².